The molecule has 0 aliphatic carbocycles. The van der Waals surface area contributed by atoms with Crippen molar-refractivity contribution in [3.63, 3.8) is 0 Å². The number of nitrogens with one attached hydrogen (secondary N) is 1. The van der Waals surface area contributed by atoms with Crippen LogP contribution in [0.2, 0.25) is 0 Å². The van der Waals surface area contributed by atoms with Crippen LogP contribution >= 0.6 is 0 Å². The van der Waals surface area contributed by atoms with Crippen LogP contribution in [0.25, 0.3) is 0 Å². The smallest absolute Gasteiger partial charge is 0.00752 e. The number of hydrogen-bond donors (Lipinski definition) is 1. The summed E-state index contributed by atoms with van der Waals surface area (Å²) in [5, 5.41) is 3.68. The summed E-state index contributed by atoms with van der Waals surface area (Å²) in [6, 6.07) is 11.7. The summed E-state index contributed by atoms with van der Waals surface area (Å²) >= 11 is 0. The van der Waals surface area contributed by atoms with E-state index in [4.69, 9.17) is 0 Å². The van der Waals surface area contributed by atoms with E-state index in [1.54, 1.807) is 0 Å². The first-order valence-corrected chi connectivity index (χ1v) is 8.43. The first-order valence-electron chi connectivity index (χ1n) is 8.43. The number of rotatable bonds is 10. The standard InChI is InChI=1S/C19H33N/c1-5-7-8-12-15-19(6-2,16-20-17(3)4)18-13-10-9-11-14-18/h9-11,13-14,17,20H,5-8,12,15-16H2,1-4H3. The van der Waals surface area contributed by atoms with Crippen molar-refractivity contribution in [2.45, 2.75) is 77.7 Å². The molecule has 0 aromatic heterocycles. The molecule has 1 N–H and O–H groups in total. The van der Waals surface area contributed by atoms with Gasteiger partial charge in [-0.05, 0) is 18.4 Å². The molecular weight excluding hydrogens is 242 g/mol. The fraction of sp³-hybridized carbons (Fsp3) is 0.684. The lowest BCUT2D eigenvalue weighted by Crippen LogP contribution is -2.40. The van der Waals surface area contributed by atoms with Crippen molar-refractivity contribution in [3.05, 3.63) is 35.9 Å². The number of unbranched alkanes of at least 4 members (excludes halogenated alkanes) is 3. The molecule has 0 amide bonds. The highest BCUT2D eigenvalue weighted by atomic mass is 14.9. The van der Waals surface area contributed by atoms with E-state index in [2.05, 4.69) is 63.3 Å². The molecule has 0 spiro atoms. The van der Waals surface area contributed by atoms with Crippen LogP contribution in [0.1, 0.15) is 71.8 Å². The van der Waals surface area contributed by atoms with Gasteiger partial charge in [0.15, 0.2) is 0 Å². The van der Waals surface area contributed by atoms with E-state index in [-0.39, 0.29) is 0 Å². The van der Waals surface area contributed by atoms with Crippen molar-refractivity contribution >= 4 is 0 Å². The van der Waals surface area contributed by atoms with E-state index < -0.39 is 0 Å². The molecule has 1 nitrogen and oxygen atoms in total. The van der Waals surface area contributed by atoms with E-state index in [9.17, 15) is 0 Å². The molecule has 0 aliphatic rings. The highest BCUT2D eigenvalue weighted by molar-refractivity contribution is 5.26. The second kappa shape index (κ2) is 9.18. The molecule has 0 bridgehead atoms. The molecule has 1 heteroatoms. The third-order valence-corrected chi connectivity index (χ3v) is 4.42. The van der Waals surface area contributed by atoms with Crippen LogP contribution in [-0.4, -0.2) is 12.6 Å². The van der Waals surface area contributed by atoms with Crippen LogP contribution in [0.4, 0.5) is 0 Å². The monoisotopic (exact) mass is 275 g/mol. The Hall–Kier alpha value is -0.820. The maximum absolute atomic E-state index is 3.68. The lowest BCUT2D eigenvalue weighted by molar-refractivity contribution is 0.329. The first-order chi connectivity index (χ1) is 9.64. The fourth-order valence-electron chi connectivity index (χ4n) is 2.92. The minimum atomic E-state index is 0.305. The average molecular weight is 275 g/mol. The Kier molecular flexibility index (Phi) is 7.91. The molecule has 0 saturated heterocycles. The largest absolute Gasteiger partial charge is 0.314 e. The van der Waals surface area contributed by atoms with Gasteiger partial charge in [-0.1, -0.05) is 83.7 Å². The van der Waals surface area contributed by atoms with Crippen molar-refractivity contribution in [2.75, 3.05) is 6.54 Å². The zero-order valence-electron chi connectivity index (χ0n) is 13.9. The third kappa shape index (κ3) is 5.28. The molecular formula is C19H33N. The van der Waals surface area contributed by atoms with Crippen LogP contribution in [0.5, 0.6) is 0 Å². The van der Waals surface area contributed by atoms with Gasteiger partial charge in [-0.15, -0.1) is 0 Å². The molecule has 1 atom stereocenters. The summed E-state index contributed by atoms with van der Waals surface area (Å²) in [6.45, 7) is 10.2. The Bertz CT molecular complexity index is 344. The summed E-state index contributed by atoms with van der Waals surface area (Å²) < 4.78 is 0. The van der Waals surface area contributed by atoms with E-state index >= 15 is 0 Å². The molecule has 1 aromatic rings. The minimum Gasteiger partial charge on any atom is -0.314 e. The number of hydrogen-bond acceptors (Lipinski definition) is 1. The van der Waals surface area contributed by atoms with Gasteiger partial charge in [0.2, 0.25) is 0 Å². The van der Waals surface area contributed by atoms with Gasteiger partial charge in [0.1, 0.15) is 0 Å². The van der Waals surface area contributed by atoms with Crippen molar-refractivity contribution in [2.24, 2.45) is 0 Å². The van der Waals surface area contributed by atoms with E-state index in [1.165, 1.54) is 44.1 Å². The Morgan fingerprint density at radius 2 is 1.70 bits per heavy atom. The predicted molar refractivity (Wildman–Crippen MR) is 90.3 cm³/mol. The zero-order chi connectivity index (χ0) is 14.8. The quantitative estimate of drug-likeness (QED) is 0.571. The second-order valence-corrected chi connectivity index (χ2v) is 6.35. The molecule has 20 heavy (non-hydrogen) atoms. The summed E-state index contributed by atoms with van der Waals surface area (Å²) in [6.07, 6.45) is 7.90. The Labute approximate surface area is 126 Å². The summed E-state index contributed by atoms with van der Waals surface area (Å²) in [5.41, 5.74) is 1.81. The lowest BCUT2D eigenvalue weighted by Gasteiger charge is -2.35. The van der Waals surface area contributed by atoms with Crippen molar-refractivity contribution in [3.8, 4) is 0 Å². The van der Waals surface area contributed by atoms with Crippen LogP contribution in [-0.2, 0) is 5.41 Å². The minimum absolute atomic E-state index is 0.305. The van der Waals surface area contributed by atoms with Gasteiger partial charge in [-0.25, -0.2) is 0 Å². The van der Waals surface area contributed by atoms with Gasteiger partial charge in [0.25, 0.3) is 0 Å². The molecule has 0 fully saturated rings. The first kappa shape index (κ1) is 17.2. The van der Waals surface area contributed by atoms with Gasteiger partial charge < -0.3 is 5.32 Å². The molecule has 1 aromatic carbocycles. The SMILES string of the molecule is CCCCCCC(CC)(CNC(C)C)c1ccccc1. The van der Waals surface area contributed by atoms with Gasteiger partial charge in [-0.3, -0.25) is 0 Å². The van der Waals surface area contributed by atoms with Gasteiger partial charge in [0.05, 0.1) is 0 Å². The van der Waals surface area contributed by atoms with E-state index in [0.717, 1.165) is 6.54 Å². The third-order valence-electron chi connectivity index (χ3n) is 4.42. The van der Waals surface area contributed by atoms with Crippen molar-refractivity contribution in [1.29, 1.82) is 0 Å². The Balaban J connectivity index is 2.79. The summed E-state index contributed by atoms with van der Waals surface area (Å²) in [4.78, 5) is 0. The van der Waals surface area contributed by atoms with E-state index in [1.807, 2.05) is 0 Å². The van der Waals surface area contributed by atoms with Crippen LogP contribution in [0, 0.1) is 0 Å². The van der Waals surface area contributed by atoms with E-state index in [0.29, 0.717) is 11.5 Å². The second-order valence-electron chi connectivity index (χ2n) is 6.35. The van der Waals surface area contributed by atoms with Crippen molar-refractivity contribution < 1.29 is 0 Å². The van der Waals surface area contributed by atoms with Gasteiger partial charge in [-0.2, -0.15) is 0 Å². The zero-order valence-corrected chi connectivity index (χ0v) is 13.9. The Morgan fingerprint density at radius 1 is 1.00 bits per heavy atom. The molecule has 0 aliphatic heterocycles. The highest BCUT2D eigenvalue weighted by Crippen LogP contribution is 2.33. The van der Waals surface area contributed by atoms with Gasteiger partial charge in [0, 0.05) is 18.0 Å². The Morgan fingerprint density at radius 3 is 2.25 bits per heavy atom. The molecule has 1 unspecified atom stereocenters. The normalized spacial score (nSPS) is 14.4. The topological polar surface area (TPSA) is 12.0 Å². The van der Waals surface area contributed by atoms with Crippen molar-refractivity contribution in [1.82, 2.24) is 5.32 Å². The highest BCUT2D eigenvalue weighted by Gasteiger charge is 2.29. The van der Waals surface area contributed by atoms with Crippen LogP contribution in [0.15, 0.2) is 30.3 Å². The average Bonchev–Trinajstić information content (AvgIpc) is 2.48. The van der Waals surface area contributed by atoms with Gasteiger partial charge >= 0.3 is 0 Å². The molecule has 114 valence electrons. The predicted octanol–water partition coefficient (Wildman–Crippen LogP) is 5.30. The van der Waals surface area contributed by atoms with Crippen LogP contribution in [0.3, 0.4) is 0 Å². The van der Waals surface area contributed by atoms with Crippen LogP contribution < -0.4 is 5.32 Å². The molecule has 0 saturated carbocycles. The summed E-state index contributed by atoms with van der Waals surface area (Å²) in [7, 11) is 0. The maximum Gasteiger partial charge on any atom is 0.00752 e. The fourth-order valence-corrected chi connectivity index (χ4v) is 2.92. The summed E-state index contributed by atoms with van der Waals surface area (Å²) in [5.74, 6) is 0. The molecule has 1 rings (SSSR count). The number of benzene rings is 1. The molecule has 0 heterocycles. The maximum atomic E-state index is 3.68. The molecule has 0 radical (unpaired) electrons. The lowest BCUT2D eigenvalue weighted by atomic mass is 9.74.